The first kappa shape index (κ1) is 21.2. The second-order valence-corrected chi connectivity index (χ2v) is 6.95. The van der Waals surface area contributed by atoms with Crippen LogP contribution >= 0.6 is 0 Å². The Morgan fingerprint density at radius 1 is 1.21 bits per heavy atom. The molecular formula is C18H38N4O2. The SMILES string of the molecule is CCNC(=NCC1(CCO)CCCCC1)NCCN(C)CCOC. The van der Waals surface area contributed by atoms with Crippen molar-refractivity contribution in [2.75, 3.05) is 60.1 Å². The van der Waals surface area contributed by atoms with E-state index in [0.29, 0.717) is 0 Å². The summed E-state index contributed by atoms with van der Waals surface area (Å²) in [6.45, 7) is 7.53. The summed E-state index contributed by atoms with van der Waals surface area (Å²) in [6.07, 6.45) is 7.11. The number of aliphatic imine (C=N–C) groups is 1. The summed E-state index contributed by atoms with van der Waals surface area (Å²) in [5, 5.41) is 16.2. The normalized spacial score (nSPS) is 18.0. The molecule has 0 spiro atoms. The summed E-state index contributed by atoms with van der Waals surface area (Å²) in [6, 6.07) is 0. The quantitative estimate of drug-likeness (QED) is 0.392. The van der Waals surface area contributed by atoms with E-state index < -0.39 is 0 Å². The van der Waals surface area contributed by atoms with Crippen LogP contribution in [0.2, 0.25) is 0 Å². The Morgan fingerprint density at radius 3 is 2.58 bits per heavy atom. The van der Waals surface area contributed by atoms with Crippen LogP contribution in [0.3, 0.4) is 0 Å². The van der Waals surface area contributed by atoms with Gasteiger partial charge in [-0.15, -0.1) is 0 Å². The van der Waals surface area contributed by atoms with E-state index in [0.717, 1.165) is 51.7 Å². The number of hydrogen-bond donors (Lipinski definition) is 3. The molecule has 24 heavy (non-hydrogen) atoms. The number of aliphatic hydroxyl groups excluding tert-OH is 1. The van der Waals surface area contributed by atoms with Crippen LogP contribution in [-0.4, -0.2) is 76.1 Å². The zero-order chi connectivity index (χ0) is 17.7. The molecule has 0 aliphatic heterocycles. The fourth-order valence-corrected chi connectivity index (χ4v) is 3.34. The van der Waals surface area contributed by atoms with Gasteiger partial charge in [-0.25, -0.2) is 0 Å². The minimum absolute atomic E-state index is 0.199. The first-order chi connectivity index (χ1) is 11.7. The minimum Gasteiger partial charge on any atom is -0.396 e. The van der Waals surface area contributed by atoms with Crippen LogP contribution in [0.5, 0.6) is 0 Å². The third-order valence-electron chi connectivity index (χ3n) is 4.94. The molecule has 142 valence electrons. The molecule has 6 heteroatoms. The Hall–Kier alpha value is -0.850. The maximum atomic E-state index is 9.43. The van der Waals surface area contributed by atoms with Gasteiger partial charge < -0.3 is 25.4 Å². The molecule has 1 fully saturated rings. The second kappa shape index (κ2) is 12.5. The van der Waals surface area contributed by atoms with E-state index in [1.807, 2.05) is 0 Å². The number of guanidine groups is 1. The summed E-state index contributed by atoms with van der Waals surface area (Å²) in [7, 11) is 3.83. The van der Waals surface area contributed by atoms with Crippen LogP contribution in [-0.2, 0) is 4.74 Å². The summed E-state index contributed by atoms with van der Waals surface area (Å²) < 4.78 is 5.10. The molecule has 3 N–H and O–H groups in total. The Balaban J connectivity index is 2.47. The van der Waals surface area contributed by atoms with Crippen molar-refractivity contribution in [1.29, 1.82) is 0 Å². The van der Waals surface area contributed by atoms with Crippen LogP contribution in [0.25, 0.3) is 0 Å². The summed E-state index contributed by atoms with van der Waals surface area (Å²) >= 11 is 0. The van der Waals surface area contributed by atoms with Gasteiger partial charge in [0.2, 0.25) is 0 Å². The molecule has 0 unspecified atom stereocenters. The van der Waals surface area contributed by atoms with Crippen molar-refractivity contribution in [2.24, 2.45) is 10.4 Å². The van der Waals surface area contributed by atoms with Crippen LogP contribution in [0, 0.1) is 5.41 Å². The maximum absolute atomic E-state index is 9.43. The fraction of sp³-hybridized carbons (Fsp3) is 0.944. The molecule has 1 aliphatic rings. The van der Waals surface area contributed by atoms with E-state index in [1.165, 1.54) is 32.1 Å². The lowest BCUT2D eigenvalue weighted by Crippen LogP contribution is -2.42. The molecule has 0 bridgehead atoms. The molecule has 0 amide bonds. The van der Waals surface area contributed by atoms with Crippen molar-refractivity contribution in [3.8, 4) is 0 Å². The maximum Gasteiger partial charge on any atom is 0.191 e. The van der Waals surface area contributed by atoms with Gasteiger partial charge in [-0.3, -0.25) is 4.99 Å². The van der Waals surface area contributed by atoms with Crippen molar-refractivity contribution < 1.29 is 9.84 Å². The average Bonchev–Trinajstić information content (AvgIpc) is 2.59. The van der Waals surface area contributed by atoms with Gasteiger partial charge in [-0.1, -0.05) is 19.3 Å². The van der Waals surface area contributed by atoms with Crippen molar-refractivity contribution in [1.82, 2.24) is 15.5 Å². The molecule has 0 aromatic carbocycles. The Morgan fingerprint density at radius 2 is 1.96 bits per heavy atom. The smallest absolute Gasteiger partial charge is 0.191 e. The number of methoxy groups -OCH3 is 1. The molecule has 0 heterocycles. The van der Waals surface area contributed by atoms with E-state index in [1.54, 1.807) is 7.11 Å². The van der Waals surface area contributed by atoms with E-state index in [2.05, 4.69) is 29.5 Å². The Bertz CT molecular complexity index is 338. The van der Waals surface area contributed by atoms with Gasteiger partial charge in [0.1, 0.15) is 0 Å². The van der Waals surface area contributed by atoms with Gasteiger partial charge in [-0.05, 0) is 38.6 Å². The summed E-state index contributed by atoms with van der Waals surface area (Å²) in [5.74, 6) is 0.889. The lowest BCUT2D eigenvalue weighted by Gasteiger charge is -2.35. The highest BCUT2D eigenvalue weighted by molar-refractivity contribution is 5.79. The van der Waals surface area contributed by atoms with Crippen LogP contribution in [0.1, 0.15) is 45.4 Å². The number of ether oxygens (including phenoxy) is 1. The second-order valence-electron chi connectivity index (χ2n) is 6.95. The number of rotatable bonds is 11. The minimum atomic E-state index is 0.199. The highest BCUT2D eigenvalue weighted by Crippen LogP contribution is 2.39. The molecule has 0 radical (unpaired) electrons. The molecule has 0 aromatic rings. The Labute approximate surface area is 148 Å². The third-order valence-corrected chi connectivity index (χ3v) is 4.94. The fourth-order valence-electron chi connectivity index (χ4n) is 3.34. The van der Waals surface area contributed by atoms with Crippen molar-refractivity contribution >= 4 is 5.96 Å². The predicted octanol–water partition coefficient (Wildman–Crippen LogP) is 1.45. The van der Waals surface area contributed by atoms with Crippen LogP contribution in [0.15, 0.2) is 4.99 Å². The van der Waals surface area contributed by atoms with Crippen molar-refractivity contribution in [2.45, 2.75) is 45.4 Å². The number of nitrogens with one attached hydrogen (secondary N) is 2. The molecule has 1 rings (SSSR count). The molecular weight excluding hydrogens is 304 g/mol. The van der Waals surface area contributed by atoms with Crippen LogP contribution in [0.4, 0.5) is 0 Å². The molecule has 1 saturated carbocycles. The molecule has 1 aliphatic carbocycles. The molecule has 0 saturated heterocycles. The summed E-state index contributed by atoms with van der Waals surface area (Å²) in [5.41, 5.74) is 0.199. The van der Waals surface area contributed by atoms with Gasteiger partial charge in [-0.2, -0.15) is 0 Å². The zero-order valence-corrected chi connectivity index (χ0v) is 15.9. The van der Waals surface area contributed by atoms with Gasteiger partial charge in [0, 0.05) is 46.4 Å². The third kappa shape index (κ3) is 8.31. The molecule has 6 nitrogen and oxygen atoms in total. The number of aliphatic hydroxyl groups is 1. The Kier molecular flexibility index (Phi) is 11.0. The first-order valence-corrected chi connectivity index (χ1v) is 9.46. The number of nitrogens with zero attached hydrogens (tertiary/aromatic N) is 2. The lowest BCUT2D eigenvalue weighted by atomic mass is 9.72. The number of likely N-dealkylation sites (N-methyl/N-ethyl adjacent to an activating group) is 1. The van der Waals surface area contributed by atoms with Crippen molar-refractivity contribution in [3.05, 3.63) is 0 Å². The highest BCUT2D eigenvalue weighted by Gasteiger charge is 2.31. The van der Waals surface area contributed by atoms with Gasteiger partial charge >= 0.3 is 0 Å². The van der Waals surface area contributed by atoms with Crippen LogP contribution < -0.4 is 10.6 Å². The van der Waals surface area contributed by atoms with E-state index >= 15 is 0 Å². The standard InChI is InChI=1S/C18H38N4O2/c1-4-19-17(20-11-12-22(2)13-15-24-3)21-16-18(10-14-23)8-6-5-7-9-18/h23H,4-16H2,1-3H3,(H2,19,20,21). The lowest BCUT2D eigenvalue weighted by molar-refractivity contribution is 0.137. The zero-order valence-electron chi connectivity index (χ0n) is 15.9. The number of hydrogen-bond acceptors (Lipinski definition) is 4. The van der Waals surface area contributed by atoms with Gasteiger partial charge in [0.15, 0.2) is 5.96 Å². The highest BCUT2D eigenvalue weighted by atomic mass is 16.5. The van der Waals surface area contributed by atoms with E-state index in [4.69, 9.17) is 9.73 Å². The van der Waals surface area contributed by atoms with E-state index in [-0.39, 0.29) is 12.0 Å². The summed E-state index contributed by atoms with van der Waals surface area (Å²) in [4.78, 5) is 7.07. The van der Waals surface area contributed by atoms with Gasteiger partial charge in [0.05, 0.1) is 6.61 Å². The average molecular weight is 343 g/mol. The topological polar surface area (TPSA) is 69.1 Å². The van der Waals surface area contributed by atoms with Crippen molar-refractivity contribution in [3.63, 3.8) is 0 Å². The first-order valence-electron chi connectivity index (χ1n) is 9.46. The molecule has 0 atom stereocenters. The molecule has 0 aromatic heterocycles. The van der Waals surface area contributed by atoms with Gasteiger partial charge in [0.25, 0.3) is 0 Å². The largest absolute Gasteiger partial charge is 0.396 e. The monoisotopic (exact) mass is 342 g/mol. The van der Waals surface area contributed by atoms with E-state index in [9.17, 15) is 5.11 Å². The predicted molar refractivity (Wildman–Crippen MR) is 101 cm³/mol.